The highest BCUT2D eigenvalue weighted by atomic mass is 14.0. The number of unbranched alkanes of at least 4 members (excludes halogenated alkanes) is 11. The quantitative estimate of drug-likeness (QED) is 0.216. The first-order valence-corrected chi connectivity index (χ1v) is 9.01. The van der Waals surface area contributed by atoms with Crippen LogP contribution in [0.1, 0.15) is 96.8 Å². The van der Waals surface area contributed by atoms with Gasteiger partial charge in [-0.3, -0.25) is 0 Å². The average Bonchev–Trinajstić information content (AvgIpc) is 2.47. The van der Waals surface area contributed by atoms with Crippen LogP contribution in [0.2, 0.25) is 0 Å². The van der Waals surface area contributed by atoms with Crippen LogP contribution in [0.4, 0.5) is 0 Å². The molecule has 1 radical (unpaired) electrons. The van der Waals surface area contributed by atoms with Crippen molar-refractivity contribution < 1.29 is 0 Å². The Morgan fingerprint density at radius 3 is 1.65 bits per heavy atom. The summed E-state index contributed by atoms with van der Waals surface area (Å²) in [7, 11) is 0. The lowest BCUT2D eigenvalue weighted by atomic mass is 10.1. The summed E-state index contributed by atoms with van der Waals surface area (Å²) in [6.07, 6.45) is 27.9. The van der Waals surface area contributed by atoms with Crippen LogP contribution in [-0.4, -0.2) is 0 Å². The van der Waals surface area contributed by atoms with Gasteiger partial charge in [-0.25, -0.2) is 0 Å². The number of hydrogen-bond donors (Lipinski definition) is 0. The van der Waals surface area contributed by atoms with Gasteiger partial charge in [-0.1, -0.05) is 95.9 Å². The van der Waals surface area contributed by atoms with Crippen LogP contribution in [0.3, 0.4) is 0 Å². The van der Waals surface area contributed by atoms with Gasteiger partial charge in [0.2, 0.25) is 0 Å². The molecule has 0 aromatic rings. The van der Waals surface area contributed by atoms with E-state index >= 15 is 0 Å². The van der Waals surface area contributed by atoms with Crippen molar-refractivity contribution in [3.8, 4) is 0 Å². The second-order valence-corrected chi connectivity index (χ2v) is 5.79. The predicted octanol–water partition coefficient (Wildman–Crippen LogP) is 7.41. The van der Waals surface area contributed by atoms with E-state index in [1.165, 1.54) is 77.0 Å². The largest absolute Gasteiger partial charge is 0.0882 e. The molecule has 0 unspecified atom stereocenters. The predicted molar refractivity (Wildman–Crippen MR) is 93.9 cm³/mol. The molecule has 0 fully saturated rings. The summed E-state index contributed by atoms with van der Waals surface area (Å²) in [5.74, 6) is 0. The van der Waals surface area contributed by atoms with Crippen molar-refractivity contribution in [3.63, 3.8) is 0 Å². The standard InChI is InChI=1S/C20H37/c1-3-5-7-9-11-13-15-17-19-20-18-16-14-12-10-8-6-4-2/h12,14,18,20H,1,3-11,13,15-17,19H2,2H3/b14-12-,20-18-. The van der Waals surface area contributed by atoms with Crippen molar-refractivity contribution >= 4 is 0 Å². The first-order chi connectivity index (χ1) is 9.91. The van der Waals surface area contributed by atoms with Crippen molar-refractivity contribution in [2.45, 2.75) is 96.8 Å². The van der Waals surface area contributed by atoms with Crippen LogP contribution in [0.25, 0.3) is 0 Å². The summed E-state index contributed by atoms with van der Waals surface area (Å²) in [5.41, 5.74) is 0. The summed E-state index contributed by atoms with van der Waals surface area (Å²) < 4.78 is 0. The molecule has 0 amide bonds. The van der Waals surface area contributed by atoms with E-state index in [1.54, 1.807) is 0 Å². The van der Waals surface area contributed by atoms with Gasteiger partial charge in [0, 0.05) is 0 Å². The van der Waals surface area contributed by atoms with Gasteiger partial charge in [0.15, 0.2) is 0 Å². The molecule has 0 saturated carbocycles. The summed E-state index contributed by atoms with van der Waals surface area (Å²) in [4.78, 5) is 0. The molecule has 0 aliphatic rings. The Morgan fingerprint density at radius 2 is 1.10 bits per heavy atom. The minimum absolute atomic E-state index is 1.11. The van der Waals surface area contributed by atoms with Crippen LogP contribution in [0.5, 0.6) is 0 Å². The SMILES string of the molecule is [CH2]CCCCCCCCC/C=C\C/C=C\CCCCC. The fourth-order valence-corrected chi connectivity index (χ4v) is 2.34. The Labute approximate surface area is 128 Å². The van der Waals surface area contributed by atoms with Gasteiger partial charge in [0.1, 0.15) is 0 Å². The lowest BCUT2D eigenvalue weighted by molar-refractivity contribution is 0.583. The number of allylic oxidation sites excluding steroid dienone is 4. The van der Waals surface area contributed by atoms with Gasteiger partial charge in [-0.15, -0.1) is 0 Å². The van der Waals surface area contributed by atoms with Crippen molar-refractivity contribution in [3.05, 3.63) is 31.2 Å². The highest BCUT2D eigenvalue weighted by molar-refractivity contribution is 4.92. The fourth-order valence-electron chi connectivity index (χ4n) is 2.34. The molecule has 117 valence electrons. The Bertz CT molecular complexity index is 212. The van der Waals surface area contributed by atoms with Gasteiger partial charge >= 0.3 is 0 Å². The van der Waals surface area contributed by atoms with Gasteiger partial charge in [0.25, 0.3) is 0 Å². The first kappa shape index (κ1) is 19.5. The monoisotopic (exact) mass is 277 g/mol. The van der Waals surface area contributed by atoms with E-state index in [0.29, 0.717) is 0 Å². The van der Waals surface area contributed by atoms with E-state index in [-0.39, 0.29) is 0 Å². The second-order valence-electron chi connectivity index (χ2n) is 5.79. The zero-order chi connectivity index (χ0) is 14.7. The van der Waals surface area contributed by atoms with E-state index in [4.69, 9.17) is 0 Å². The van der Waals surface area contributed by atoms with E-state index in [0.717, 1.165) is 12.8 Å². The van der Waals surface area contributed by atoms with Crippen LogP contribution in [0.15, 0.2) is 24.3 Å². The summed E-state index contributed by atoms with van der Waals surface area (Å²) in [6, 6.07) is 0. The van der Waals surface area contributed by atoms with E-state index in [1.807, 2.05) is 0 Å². The Balaban J connectivity index is 3.12. The van der Waals surface area contributed by atoms with Crippen molar-refractivity contribution in [2.75, 3.05) is 0 Å². The molecule has 0 aliphatic carbocycles. The molecule has 0 nitrogen and oxygen atoms in total. The third-order valence-corrected chi connectivity index (χ3v) is 3.70. The zero-order valence-corrected chi connectivity index (χ0v) is 13.9. The normalized spacial score (nSPS) is 11.9. The maximum Gasteiger partial charge on any atom is -0.0169 e. The van der Waals surface area contributed by atoms with Crippen LogP contribution in [0, 0.1) is 6.92 Å². The third-order valence-electron chi connectivity index (χ3n) is 3.70. The highest BCUT2D eigenvalue weighted by Gasteiger charge is 1.90. The maximum absolute atomic E-state index is 3.88. The average molecular weight is 278 g/mol. The Morgan fingerprint density at radius 1 is 0.600 bits per heavy atom. The van der Waals surface area contributed by atoms with Crippen LogP contribution < -0.4 is 0 Å². The molecule has 0 N–H and O–H groups in total. The molecule has 0 spiro atoms. The zero-order valence-electron chi connectivity index (χ0n) is 13.9. The molecule has 20 heavy (non-hydrogen) atoms. The molecule has 0 atom stereocenters. The highest BCUT2D eigenvalue weighted by Crippen LogP contribution is 2.09. The van der Waals surface area contributed by atoms with Crippen LogP contribution in [-0.2, 0) is 0 Å². The lowest BCUT2D eigenvalue weighted by Crippen LogP contribution is -1.79. The molecule has 0 bridgehead atoms. The van der Waals surface area contributed by atoms with E-state index < -0.39 is 0 Å². The number of rotatable bonds is 15. The minimum Gasteiger partial charge on any atom is -0.0882 e. The third kappa shape index (κ3) is 17.5. The summed E-state index contributed by atoms with van der Waals surface area (Å²) in [5, 5.41) is 0. The smallest absolute Gasteiger partial charge is 0.0169 e. The molecular formula is C20H37. The molecule has 0 aliphatic heterocycles. The van der Waals surface area contributed by atoms with Gasteiger partial charge in [-0.2, -0.15) is 0 Å². The first-order valence-electron chi connectivity index (χ1n) is 9.01. The van der Waals surface area contributed by atoms with Gasteiger partial charge < -0.3 is 0 Å². The van der Waals surface area contributed by atoms with Gasteiger partial charge in [0.05, 0.1) is 0 Å². The number of hydrogen-bond acceptors (Lipinski definition) is 0. The van der Waals surface area contributed by atoms with Crippen molar-refractivity contribution in [2.24, 2.45) is 0 Å². The fraction of sp³-hybridized carbons (Fsp3) is 0.750. The minimum atomic E-state index is 1.11. The molecule has 0 heteroatoms. The second kappa shape index (κ2) is 18.5. The molecule has 0 heterocycles. The van der Waals surface area contributed by atoms with Gasteiger partial charge in [-0.05, 0) is 32.1 Å². The van der Waals surface area contributed by atoms with E-state index in [2.05, 4.69) is 38.2 Å². The van der Waals surface area contributed by atoms with E-state index in [9.17, 15) is 0 Å². The molecule has 0 saturated heterocycles. The maximum atomic E-state index is 3.88. The molecule has 0 rings (SSSR count). The molecule has 0 aromatic heterocycles. The van der Waals surface area contributed by atoms with Crippen LogP contribution >= 0.6 is 0 Å². The Kier molecular flexibility index (Phi) is 18.0. The lowest BCUT2D eigenvalue weighted by Gasteiger charge is -1.99. The summed E-state index contributed by atoms with van der Waals surface area (Å²) >= 11 is 0. The topological polar surface area (TPSA) is 0 Å². The Hall–Kier alpha value is -0.520. The molecule has 0 aromatic carbocycles. The summed E-state index contributed by atoms with van der Waals surface area (Å²) in [6.45, 7) is 6.14. The van der Waals surface area contributed by atoms with Crippen molar-refractivity contribution in [1.29, 1.82) is 0 Å². The molecular weight excluding hydrogens is 240 g/mol. The van der Waals surface area contributed by atoms with Crippen molar-refractivity contribution in [1.82, 2.24) is 0 Å².